The summed E-state index contributed by atoms with van der Waals surface area (Å²) in [5.41, 5.74) is 7.59. The molecule has 3 N–H and O–H groups in total. The topological polar surface area (TPSA) is 64.3 Å². The molecule has 0 unspecified atom stereocenters. The molecule has 0 aliphatic heterocycles. The second-order valence-electron chi connectivity index (χ2n) is 4.49. The molecule has 0 atom stereocenters. The number of hydrogen-bond donors (Lipinski definition) is 2. The molecule has 4 nitrogen and oxygen atoms in total. The van der Waals surface area contributed by atoms with Gasteiger partial charge in [0.05, 0.1) is 10.7 Å². The molecule has 0 saturated heterocycles. The highest BCUT2D eigenvalue weighted by Crippen LogP contribution is 2.24. The van der Waals surface area contributed by atoms with Crippen LogP contribution in [0.15, 0.2) is 40.9 Å². The first-order valence-corrected chi connectivity index (χ1v) is 7.36. The Morgan fingerprint density at radius 3 is 2.76 bits per heavy atom. The average Bonchev–Trinajstić information content (AvgIpc) is 2.41. The van der Waals surface area contributed by atoms with Gasteiger partial charge in [-0.1, -0.05) is 27.5 Å². The van der Waals surface area contributed by atoms with Crippen molar-refractivity contribution >= 4 is 44.8 Å². The third kappa shape index (κ3) is 4.37. The molecular formula is C15H14BrClN2O2. The Morgan fingerprint density at radius 2 is 2.10 bits per heavy atom. The van der Waals surface area contributed by atoms with E-state index in [9.17, 15) is 4.79 Å². The van der Waals surface area contributed by atoms with Crippen LogP contribution in [0.4, 0.5) is 11.4 Å². The van der Waals surface area contributed by atoms with E-state index >= 15 is 0 Å². The summed E-state index contributed by atoms with van der Waals surface area (Å²) < 4.78 is 6.45. The largest absolute Gasteiger partial charge is 0.483 e. The molecular weight excluding hydrogens is 356 g/mol. The van der Waals surface area contributed by atoms with E-state index < -0.39 is 0 Å². The Labute approximate surface area is 136 Å². The van der Waals surface area contributed by atoms with Gasteiger partial charge in [-0.15, -0.1) is 0 Å². The Bertz CT molecular complexity index is 677. The molecule has 0 bridgehead atoms. The van der Waals surface area contributed by atoms with E-state index in [1.54, 1.807) is 18.2 Å². The molecule has 0 radical (unpaired) electrons. The van der Waals surface area contributed by atoms with Gasteiger partial charge in [0.2, 0.25) is 0 Å². The van der Waals surface area contributed by atoms with Crippen LogP contribution >= 0.6 is 27.5 Å². The van der Waals surface area contributed by atoms with Crippen molar-refractivity contribution in [1.82, 2.24) is 0 Å². The van der Waals surface area contributed by atoms with Crippen LogP contribution in [0.2, 0.25) is 5.02 Å². The zero-order valence-corrected chi connectivity index (χ0v) is 13.7. The number of amides is 1. The van der Waals surface area contributed by atoms with Crippen molar-refractivity contribution in [2.24, 2.45) is 0 Å². The van der Waals surface area contributed by atoms with Crippen molar-refractivity contribution in [2.75, 3.05) is 17.7 Å². The molecule has 2 aromatic carbocycles. The van der Waals surface area contributed by atoms with Gasteiger partial charge in [0.1, 0.15) is 5.75 Å². The molecule has 6 heteroatoms. The summed E-state index contributed by atoms with van der Waals surface area (Å²) in [6.45, 7) is 1.82. The van der Waals surface area contributed by atoms with E-state index in [1.807, 2.05) is 25.1 Å². The molecule has 21 heavy (non-hydrogen) atoms. The van der Waals surface area contributed by atoms with Gasteiger partial charge in [-0.05, 0) is 48.9 Å². The summed E-state index contributed by atoms with van der Waals surface area (Å²) in [6.07, 6.45) is 0. The van der Waals surface area contributed by atoms with Crippen LogP contribution in [0.25, 0.3) is 0 Å². The number of hydrogen-bond acceptors (Lipinski definition) is 3. The number of benzene rings is 2. The first-order valence-electron chi connectivity index (χ1n) is 6.19. The van der Waals surface area contributed by atoms with Crippen molar-refractivity contribution < 1.29 is 9.53 Å². The fraction of sp³-hybridized carbons (Fsp3) is 0.133. The van der Waals surface area contributed by atoms with Crippen LogP contribution in [0.3, 0.4) is 0 Å². The van der Waals surface area contributed by atoms with E-state index in [2.05, 4.69) is 21.2 Å². The molecule has 0 aliphatic rings. The molecule has 1 amide bonds. The monoisotopic (exact) mass is 368 g/mol. The van der Waals surface area contributed by atoms with Crippen molar-refractivity contribution in [3.8, 4) is 5.75 Å². The first kappa shape index (κ1) is 15.7. The van der Waals surface area contributed by atoms with Crippen molar-refractivity contribution in [2.45, 2.75) is 6.92 Å². The van der Waals surface area contributed by atoms with Crippen LogP contribution in [-0.4, -0.2) is 12.5 Å². The van der Waals surface area contributed by atoms with Gasteiger partial charge in [-0.2, -0.15) is 0 Å². The second kappa shape index (κ2) is 6.83. The zero-order valence-electron chi connectivity index (χ0n) is 11.3. The number of carbonyl (C=O) groups excluding carboxylic acids is 1. The number of nitrogens with two attached hydrogens (primary N) is 1. The Kier molecular flexibility index (Phi) is 5.09. The SMILES string of the molecule is Cc1cc(Br)ccc1OCC(=O)Nc1ccc(N)cc1Cl. The Hall–Kier alpha value is -1.72. The van der Waals surface area contributed by atoms with Crippen LogP contribution in [0.5, 0.6) is 5.75 Å². The number of halogens is 2. The number of anilines is 2. The lowest BCUT2D eigenvalue weighted by atomic mass is 10.2. The Morgan fingerprint density at radius 1 is 1.33 bits per heavy atom. The predicted octanol–water partition coefficient (Wildman–Crippen LogP) is 4.01. The third-order valence-electron chi connectivity index (χ3n) is 2.76. The molecule has 2 aromatic rings. The minimum Gasteiger partial charge on any atom is -0.483 e. The second-order valence-corrected chi connectivity index (χ2v) is 5.81. The minimum atomic E-state index is -0.288. The van der Waals surface area contributed by atoms with Gasteiger partial charge in [-0.25, -0.2) is 0 Å². The van der Waals surface area contributed by atoms with Gasteiger partial charge in [0, 0.05) is 10.2 Å². The highest BCUT2D eigenvalue weighted by molar-refractivity contribution is 9.10. The number of nitrogens with one attached hydrogen (secondary N) is 1. The maximum Gasteiger partial charge on any atom is 0.262 e. The summed E-state index contributed by atoms with van der Waals surface area (Å²) in [7, 11) is 0. The van der Waals surface area contributed by atoms with Crippen LogP contribution < -0.4 is 15.8 Å². The molecule has 2 rings (SSSR count). The fourth-order valence-electron chi connectivity index (χ4n) is 1.74. The summed E-state index contributed by atoms with van der Waals surface area (Å²) >= 11 is 9.37. The lowest BCUT2D eigenvalue weighted by Gasteiger charge is -2.11. The fourth-order valence-corrected chi connectivity index (χ4v) is 2.45. The summed E-state index contributed by atoms with van der Waals surface area (Å²) in [5, 5.41) is 3.07. The molecule has 0 fully saturated rings. The zero-order chi connectivity index (χ0) is 15.4. The van der Waals surface area contributed by atoms with E-state index in [0.29, 0.717) is 22.1 Å². The molecule has 0 aromatic heterocycles. The molecule has 0 spiro atoms. The number of aryl methyl sites for hydroxylation is 1. The molecule has 110 valence electrons. The lowest BCUT2D eigenvalue weighted by molar-refractivity contribution is -0.118. The van der Waals surface area contributed by atoms with Crippen molar-refractivity contribution in [1.29, 1.82) is 0 Å². The Balaban J connectivity index is 1.96. The maximum absolute atomic E-state index is 11.9. The maximum atomic E-state index is 11.9. The number of ether oxygens (including phenoxy) is 1. The predicted molar refractivity (Wildman–Crippen MR) is 88.9 cm³/mol. The van der Waals surface area contributed by atoms with Crippen LogP contribution in [0.1, 0.15) is 5.56 Å². The molecule has 0 aliphatic carbocycles. The van der Waals surface area contributed by atoms with Gasteiger partial charge in [0.25, 0.3) is 5.91 Å². The number of nitrogen functional groups attached to an aromatic ring is 1. The standard InChI is InChI=1S/C15H14BrClN2O2/c1-9-6-10(16)2-5-14(9)21-8-15(20)19-13-4-3-11(18)7-12(13)17/h2-7H,8,18H2,1H3,(H,19,20). The summed E-state index contributed by atoms with van der Waals surface area (Å²) in [4.78, 5) is 11.9. The van der Waals surface area contributed by atoms with E-state index in [-0.39, 0.29) is 12.5 Å². The minimum absolute atomic E-state index is 0.0941. The average molecular weight is 370 g/mol. The highest BCUT2D eigenvalue weighted by Gasteiger charge is 2.08. The van der Waals surface area contributed by atoms with E-state index in [1.165, 1.54) is 0 Å². The normalized spacial score (nSPS) is 10.2. The van der Waals surface area contributed by atoms with Gasteiger partial charge >= 0.3 is 0 Å². The molecule has 0 heterocycles. The smallest absolute Gasteiger partial charge is 0.262 e. The van der Waals surface area contributed by atoms with Gasteiger partial charge in [0.15, 0.2) is 6.61 Å². The van der Waals surface area contributed by atoms with Crippen LogP contribution in [-0.2, 0) is 4.79 Å². The molecule has 0 saturated carbocycles. The highest BCUT2D eigenvalue weighted by atomic mass is 79.9. The summed E-state index contributed by atoms with van der Waals surface area (Å²) in [5.74, 6) is 0.376. The van der Waals surface area contributed by atoms with Crippen LogP contribution in [0, 0.1) is 6.92 Å². The number of rotatable bonds is 4. The summed E-state index contributed by atoms with van der Waals surface area (Å²) in [6, 6.07) is 10.5. The van der Waals surface area contributed by atoms with Gasteiger partial charge in [-0.3, -0.25) is 4.79 Å². The quantitative estimate of drug-likeness (QED) is 0.800. The lowest BCUT2D eigenvalue weighted by Crippen LogP contribution is -2.20. The van der Waals surface area contributed by atoms with Gasteiger partial charge < -0.3 is 15.8 Å². The van der Waals surface area contributed by atoms with Crippen molar-refractivity contribution in [3.63, 3.8) is 0 Å². The van der Waals surface area contributed by atoms with Crippen molar-refractivity contribution in [3.05, 3.63) is 51.5 Å². The first-order chi connectivity index (χ1) is 9.95. The third-order valence-corrected chi connectivity index (χ3v) is 3.57. The van der Waals surface area contributed by atoms with E-state index in [4.69, 9.17) is 22.1 Å². The number of carbonyl (C=O) groups is 1. The van der Waals surface area contributed by atoms with E-state index in [0.717, 1.165) is 10.0 Å².